The number of hydrogen-bond donors (Lipinski definition) is 1. The molecule has 0 radical (unpaired) electrons. The summed E-state index contributed by atoms with van der Waals surface area (Å²) in [6.45, 7) is 2.24. The van der Waals surface area contributed by atoms with E-state index in [9.17, 15) is 9.59 Å². The Hall–Kier alpha value is -3.40. The van der Waals surface area contributed by atoms with Gasteiger partial charge >= 0.3 is 5.97 Å². The molecule has 0 unspecified atom stereocenters. The van der Waals surface area contributed by atoms with E-state index < -0.39 is 5.97 Å². The maximum Gasteiger partial charge on any atom is 0.338 e. The minimum absolute atomic E-state index is 0.186. The minimum Gasteiger partial charge on any atom is -0.452 e. The zero-order chi connectivity index (χ0) is 19.8. The van der Waals surface area contributed by atoms with Crippen LogP contribution in [0.2, 0.25) is 0 Å². The number of carbonyl (C=O) groups excluding carboxylic acids is 2. The maximum atomic E-state index is 12.2. The lowest BCUT2D eigenvalue weighted by molar-refractivity contribution is -0.124. The fraction of sp³-hybridized carbons (Fsp3) is 0.167. The topological polar surface area (TPSA) is 55.4 Å². The highest BCUT2D eigenvalue weighted by atomic mass is 16.5. The summed E-state index contributed by atoms with van der Waals surface area (Å²) >= 11 is 0. The van der Waals surface area contributed by atoms with Crippen molar-refractivity contribution in [3.63, 3.8) is 0 Å². The van der Waals surface area contributed by atoms with Crippen LogP contribution >= 0.6 is 0 Å². The van der Waals surface area contributed by atoms with Crippen molar-refractivity contribution in [3.8, 4) is 11.1 Å². The second kappa shape index (κ2) is 9.51. The summed E-state index contributed by atoms with van der Waals surface area (Å²) in [5.74, 6) is -0.630. The van der Waals surface area contributed by atoms with Crippen LogP contribution in [0.3, 0.4) is 0 Å². The molecule has 0 fully saturated rings. The highest BCUT2D eigenvalue weighted by Crippen LogP contribution is 2.19. The van der Waals surface area contributed by atoms with Gasteiger partial charge in [0, 0.05) is 6.54 Å². The van der Waals surface area contributed by atoms with Crippen molar-refractivity contribution in [3.05, 3.63) is 96.1 Å². The Morgan fingerprint density at radius 3 is 2.04 bits per heavy atom. The van der Waals surface area contributed by atoms with Crippen LogP contribution in [0.5, 0.6) is 0 Å². The van der Waals surface area contributed by atoms with Crippen LogP contribution < -0.4 is 5.32 Å². The second-order valence-corrected chi connectivity index (χ2v) is 6.64. The van der Waals surface area contributed by atoms with Gasteiger partial charge in [0.1, 0.15) is 0 Å². The third kappa shape index (κ3) is 5.30. The standard InChI is InChI=1S/C24H23NO3/c1-18(19-8-4-2-5-9-19)16-25-23(26)17-28-24(27)22-14-12-21(13-15-22)20-10-6-3-7-11-20/h2-15,18H,16-17H2,1H3,(H,25,26)/t18-/m0/s1. The SMILES string of the molecule is C[C@@H](CNC(=O)COC(=O)c1ccc(-c2ccccc2)cc1)c1ccccc1. The number of esters is 1. The predicted molar refractivity (Wildman–Crippen MR) is 110 cm³/mol. The van der Waals surface area contributed by atoms with Crippen molar-refractivity contribution in [2.45, 2.75) is 12.8 Å². The Bertz CT molecular complexity index is 906. The van der Waals surface area contributed by atoms with Gasteiger partial charge in [-0.25, -0.2) is 4.79 Å². The molecule has 142 valence electrons. The van der Waals surface area contributed by atoms with Gasteiger partial charge in [0.15, 0.2) is 6.61 Å². The summed E-state index contributed by atoms with van der Waals surface area (Å²) in [6, 6.07) is 27.0. The summed E-state index contributed by atoms with van der Waals surface area (Å²) in [4.78, 5) is 24.1. The molecule has 0 aliphatic rings. The number of nitrogens with one attached hydrogen (secondary N) is 1. The molecular formula is C24H23NO3. The Morgan fingerprint density at radius 2 is 1.39 bits per heavy atom. The first-order chi connectivity index (χ1) is 13.6. The van der Waals surface area contributed by atoms with E-state index >= 15 is 0 Å². The fourth-order valence-electron chi connectivity index (χ4n) is 2.86. The van der Waals surface area contributed by atoms with Crippen molar-refractivity contribution >= 4 is 11.9 Å². The Morgan fingerprint density at radius 1 is 0.821 bits per heavy atom. The minimum atomic E-state index is -0.508. The fourth-order valence-corrected chi connectivity index (χ4v) is 2.86. The van der Waals surface area contributed by atoms with Crippen LogP contribution in [0.25, 0.3) is 11.1 Å². The van der Waals surface area contributed by atoms with Crippen molar-refractivity contribution in [1.82, 2.24) is 5.32 Å². The van der Waals surface area contributed by atoms with Gasteiger partial charge in [-0.2, -0.15) is 0 Å². The molecule has 0 aliphatic carbocycles. The maximum absolute atomic E-state index is 12.2. The normalized spacial score (nSPS) is 11.5. The molecule has 1 amide bonds. The lowest BCUT2D eigenvalue weighted by atomic mass is 10.0. The lowest BCUT2D eigenvalue weighted by Gasteiger charge is -2.13. The number of ether oxygens (including phenoxy) is 1. The van der Waals surface area contributed by atoms with E-state index in [2.05, 4.69) is 5.32 Å². The summed E-state index contributed by atoms with van der Waals surface area (Å²) in [5.41, 5.74) is 3.67. The molecule has 0 saturated heterocycles. The molecule has 0 spiro atoms. The zero-order valence-corrected chi connectivity index (χ0v) is 15.8. The highest BCUT2D eigenvalue weighted by Gasteiger charge is 2.12. The van der Waals surface area contributed by atoms with Gasteiger partial charge in [-0.1, -0.05) is 79.7 Å². The number of amides is 1. The highest BCUT2D eigenvalue weighted by molar-refractivity contribution is 5.91. The van der Waals surface area contributed by atoms with E-state index in [0.29, 0.717) is 12.1 Å². The molecule has 1 atom stereocenters. The van der Waals surface area contributed by atoms with Crippen LogP contribution in [-0.2, 0) is 9.53 Å². The third-order valence-corrected chi connectivity index (χ3v) is 4.54. The Kier molecular flexibility index (Phi) is 6.58. The number of hydrogen-bond acceptors (Lipinski definition) is 3. The van der Waals surface area contributed by atoms with Crippen LogP contribution in [0.4, 0.5) is 0 Å². The molecule has 0 heterocycles. The van der Waals surface area contributed by atoms with E-state index in [-0.39, 0.29) is 18.4 Å². The molecule has 28 heavy (non-hydrogen) atoms. The molecule has 0 aromatic heterocycles. The van der Waals surface area contributed by atoms with Gasteiger partial charge in [0.25, 0.3) is 5.91 Å². The van der Waals surface area contributed by atoms with Crippen LogP contribution in [0.15, 0.2) is 84.9 Å². The number of benzene rings is 3. The quantitative estimate of drug-likeness (QED) is 0.623. The van der Waals surface area contributed by atoms with E-state index in [0.717, 1.165) is 16.7 Å². The molecule has 3 aromatic carbocycles. The Labute approximate surface area is 165 Å². The molecule has 4 heteroatoms. The van der Waals surface area contributed by atoms with Crippen molar-refractivity contribution in [1.29, 1.82) is 0 Å². The molecular weight excluding hydrogens is 350 g/mol. The summed E-state index contributed by atoms with van der Waals surface area (Å²) in [6.07, 6.45) is 0. The molecule has 3 rings (SSSR count). The smallest absolute Gasteiger partial charge is 0.338 e. The lowest BCUT2D eigenvalue weighted by Crippen LogP contribution is -2.31. The second-order valence-electron chi connectivity index (χ2n) is 6.64. The van der Waals surface area contributed by atoms with Gasteiger partial charge in [-0.3, -0.25) is 4.79 Å². The summed E-state index contributed by atoms with van der Waals surface area (Å²) in [5, 5.41) is 2.80. The molecule has 0 saturated carbocycles. The molecule has 1 N–H and O–H groups in total. The van der Waals surface area contributed by atoms with Crippen LogP contribution in [0.1, 0.15) is 28.8 Å². The average Bonchev–Trinajstić information content (AvgIpc) is 2.77. The first-order valence-corrected chi connectivity index (χ1v) is 9.28. The monoisotopic (exact) mass is 373 g/mol. The van der Waals surface area contributed by atoms with Gasteiger partial charge in [0.2, 0.25) is 0 Å². The van der Waals surface area contributed by atoms with Gasteiger partial charge < -0.3 is 10.1 Å². The first kappa shape index (κ1) is 19.4. The third-order valence-electron chi connectivity index (χ3n) is 4.54. The van der Waals surface area contributed by atoms with E-state index in [4.69, 9.17) is 4.74 Å². The first-order valence-electron chi connectivity index (χ1n) is 9.28. The number of carbonyl (C=O) groups is 2. The van der Waals surface area contributed by atoms with Gasteiger partial charge in [-0.05, 0) is 34.7 Å². The molecule has 0 bridgehead atoms. The van der Waals surface area contributed by atoms with Crippen LogP contribution in [-0.4, -0.2) is 25.0 Å². The summed E-state index contributed by atoms with van der Waals surface area (Å²) < 4.78 is 5.12. The van der Waals surface area contributed by atoms with Gasteiger partial charge in [0.05, 0.1) is 5.56 Å². The predicted octanol–water partition coefficient (Wildman–Crippen LogP) is 4.43. The van der Waals surface area contributed by atoms with E-state index in [1.165, 1.54) is 0 Å². The largest absolute Gasteiger partial charge is 0.452 e. The van der Waals surface area contributed by atoms with E-state index in [1.807, 2.05) is 79.7 Å². The molecule has 4 nitrogen and oxygen atoms in total. The van der Waals surface area contributed by atoms with E-state index in [1.54, 1.807) is 12.1 Å². The van der Waals surface area contributed by atoms with Crippen molar-refractivity contribution in [2.24, 2.45) is 0 Å². The summed E-state index contributed by atoms with van der Waals surface area (Å²) in [7, 11) is 0. The zero-order valence-electron chi connectivity index (χ0n) is 15.8. The molecule has 3 aromatic rings. The average molecular weight is 373 g/mol. The van der Waals surface area contributed by atoms with Crippen molar-refractivity contribution in [2.75, 3.05) is 13.2 Å². The van der Waals surface area contributed by atoms with Crippen LogP contribution in [0, 0.1) is 0 Å². The molecule has 0 aliphatic heterocycles. The van der Waals surface area contributed by atoms with Gasteiger partial charge in [-0.15, -0.1) is 0 Å². The van der Waals surface area contributed by atoms with Crippen molar-refractivity contribution < 1.29 is 14.3 Å². The number of rotatable bonds is 7. The Balaban J connectivity index is 1.46.